The Morgan fingerprint density at radius 3 is 2.39 bits per heavy atom. The van der Waals surface area contributed by atoms with E-state index >= 15 is 0 Å². The monoisotopic (exact) mass is 258 g/mol. The zero-order chi connectivity index (χ0) is 14.2. The van der Waals surface area contributed by atoms with Crippen molar-refractivity contribution in [2.24, 2.45) is 5.41 Å². The molecule has 0 amide bonds. The van der Waals surface area contributed by atoms with Crippen molar-refractivity contribution in [3.05, 3.63) is 12.7 Å². The third-order valence-electron chi connectivity index (χ3n) is 2.50. The highest BCUT2D eigenvalue weighted by Gasteiger charge is 2.30. The van der Waals surface area contributed by atoms with Gasteiger partial charge in [-0.2, -0.15) is 0 Å². The molecule has 0 radical (unpaired) electrons. The van der Waals surface area contributed by atoms with Crippen molar-refractivity contribution in [2.75, 3.05) is 20.3 Å². The van der Waals surface area contributed by atoms with Crippen LogP contribution in [0.4, 0.5) is 0 Å². The van der Waals surface area contributed by atoms with Crippen LogP contribution in [0.15, 0.2) is 12.7 Å². The first-order chi connectivity index (χ1) is 8.37. The molecule has 104 valence electrons. The SMILES string of the molecule is C=CC(C)(C)CCOC(C(=O)OC)C(=O)OCC. The van der Waals surface area contributed by atoms with Gasteiger partial charge in [-0.25, -0.2) is 9.59 Å². The molecule has 0 aliphatic carbocycles. The Morgan fingerprint density at radius 2 is 1.94 bits per heavy atom. The van der Waals surface area contributed by atoms with Crippen molar-refractivity contribution < 1.29 is 23.8 Å². The summed E-state index contributed by atoms with van der Waals surface area (Å²) in [7, 11) is 1.20. The van der Waals surface area contributed by atoms with E-state index < -0.39 is 18.0 Å². The second-order valence-electron chi connectivity index (χ2n) is 4.47. The maximum atomic E-state index is 11.5. The van der Waals surface area contributed by atoms with Gasteiger partial charge >= 0.3 is 11.9 Å². The molecule has 0 fully saturated rings. The van der Waals surface area contributed by atoms with Crippen molar-refractivity contribution in [3.8, 4) is 0 Å². The molecule has 0 heterocycles. The molecule has 0 aliphatic heterocycles. The molecule has 0 rings (SSSR count). The number of carbonyl (C=O) groups is 2. The zero-order valence-electron chi connectivity index (χ0n) is 11.5. The van der Waals surface area contributed by atoms with Crippen molar-refractivity contribution in [2.45, 2.75) is 33.3 Å². The fourth-order valence-corrected chi connectivity index (χ4v) is 1.10. The van der Waals surface area contributed by atoms with Crippen LogP contribution in [0, 0.1) is 5.41 Å². The van der Waals surface area contributed by atoms with Crippen molar-refractivity contribution in [1.82, 2.24) is 0 Å². The summed E-state index contributed by atoms with van der Waals surface area (Å²) >= 11 is 0. The number of methoxy groups -OCH3 is 1. The number of esters is 2. The quantitative estimate of drug-likeness (QED) is 0.377. The lowest BCUT2D eigenvalue weighted by molar-refractivity contribution is -0.171. The minimum Gasteiger partial charge on any atom is -0.467 e. The number of allylic oxidation sites excluding steroid dienone is 1. The maximum Gasteiger partial charge on any atom is 0.347 e. The van der Waals surface area contributed by atoms with Gasteiger partial charge < -0.3 is 14.2 Å². The molecule has 0 aromatic rings. The Labute approximate surface area is 108 Å². The van der Waals surface area contributed by atoms with E-state index in [1.54, 1.807) is 13.0 Å². The summed E-state index contributed by atoms with van der Waals surface area (Å²) < 4.78 is 14.5. The normalized spacial score (nSPS) is 12.7. The molecular weight excluding hydrogens is 236 g/mol. The van der Waals surface area contributed by atoms with Crippen LogP contribution in [0.2, 0.25) is 0 Å². The smallest absolute Gasteiger partial charge is 0.347 e. The minimum atomic E-state index is -1.31. The predicted molar refractivity (Wildman–Crippen MR) is 67.0 cm³/mol. The molecule has 0 N–H and O–H groups in total. The fraction of sp³-hybridized carbons (Fsp3) is 0.692. The Morgan fingerprint density at radius 1 is 1.33 bits per heavy atom. The number of ether oxygens (including phenoxy) is 3. The van der Waals surface area contributed by atoms with Crippen LogP contribution in [-0.2, 0) is 23.8 Å². The van der Waals surface area contributed by atoms with Crippen molar-refractivity contribution in [1.29, 1.82) is 0 Å². The molecule has 5 nitrogen and oxygen atoms in total. The highest BCUT2D eigenvalue weighted by Crippen LogP contribution is 2.21. The Hall–Kier alpha value is -1.36. The van der Waals surface area contributed by atoms with E-state index in [1.807, 2.05) is 13.8 Å². The summed E-state index contributed by atoms with van der Waals surface area (Å²) in [6, 6.07) is 0. The van der Waals surface area contributed by atoms with Crippen LogP contribution in [-0.4, -0.2) is 38.4 Å². The van der Waals surface area contributed by atoms with Crippen LogP contribution in [0.5, 0.6) is 0 Å². The molecule has 0 bridgehead atoms. The highest BCUT2D eigenvalue weighted by molar-refractivity contribution is 5.97. The van der Waals surface area contributed by atoms with E-state index in [0.29, 0.717) is 6.42 Å². The molecule has 5 heteroatoms. The lowest BCUT2D eigenvalue weighted by Crippen LogP contribution is -2.36. The largest absolute Gasteiger partial charge is 0.467 e. The average molecular weight is 258 g/mol. The second-order valence-corrected chi connectivity index (χ2v) is 4.47. The summed E-state index contributed by atoms with van der Waals surface area (Å²) in [5.41, 5.74) is -0.116. The standard InChI is InChI=1S/C13H22O5/c1-6-13(3,4)8-9-18-10(11(14)16-5)12(15)17-7-2/h6,10H,1,7-9H2,2-5H3. The summed E-state index contributed by atoms with van der Waals surface area (Å²) in [5, 5.41) is 0. The first-order valence-corrected chi connectivity index (χ1v) is 5.87. The van der Waals surface area contributed by atoms with Crippen molar-refractivity contribution >= 4 is 11.9 Å². The lowest BCUT2D eigenvalue weighted by Gasteiger charge is -2.21. The summed E-state index contributed by atoms with van der Waals surface area (Å²) in [6.07, 6.45) is 1.13. The third kappa shape index (κ3) is 5.82. The van der Waals surface area contributed by atoms with E-state index in [4.69, 9.17) is 9.47 Å². The Kier molecular flexibility index (Phi) is 7.27. The van der Waals surface area contributed by atoms with Gasteiger partial charge in [-0.15, -0.1) is 6.58 Å². The molecule has 1 atom stereocenters. The van der Waals surface area contributed by atoms with E-state index in [0.717, 1.165) is 0 Å². The third-order valence-corrected chi connectivity index (χ3v) is 2.50. The lowest BCUT2D eigenvalue weighted by atomic mass is 9.90. The fourth-order valence-electron chi connectivity index (χ4n) is 1.10. The predicted octanol–water partition coefficient (Wildman–Crippen LogP) is 1.71. The van der Waals surface area contributed by atoms with Gasteiger partial charge in [0.15, 0.2) is 0 Å². The molecule has 1 unspecified atom stereocenters. The summed E-state index contributed by atoms with van der Waals surface area (Å²) in [5.74, 6) is -1.47. The number of rotatable bonds is 8. The van der Waals surface area contributed by atoms with E-state index in [-0.39, 0.29) is 18.6 Å². The van der Waals surface area contributed by atoms with Gasteiger partial charge in [-0.05, 0) is 18.8 Å². The van der Waals surface area contributed by atoms with Crippen LogP contribution in [0.25, 0.3) is 0 Å². The van der Waals surface area contributed by atoms with Crippen LogP contribution in [0.1, 0.15) is 27.2 Å². The number of hydrogen-bond donors (Lipinski definition) is 0. The van der Waals surface area contributed by atoms with Gasteiger partial charge in [0.05, 0.1) is 13.7 Å². The van der Waals surface area contributed by atoms with Crippen LogP contribution < -0.4 is 0 Å². The zero-order valence-corrected chi connectivity index (χ0v) is 11.5. The van der Waals surface area contributed by atoms with Gasteiger partial charge in [0.2, 0.25) is 0 Å². The van der Waals surface area contributed by atoms with E-state index in [1.165, 1.54) is 7.11 Å². The molecule has 0 saturated carbocycles. The molecule has 0 spiro atoms. The molecular formula is C13H22O5. The Bertz CT molecular complexity index is 296. The molecule has 0 aromatic carbocycles. The van der Waals surface area contributed by atoms with Crippen LogP contribution in [0.3, 0.4) is 0 Å². The first kappa shape index (κ1) is 16.6. The number of hydrogen-bond acceptors (Lipinski definition) is 5. The molecule has 0 aliphatic rings. The van der Waals surface area contributed by atoms with Gasteiger partial charge in [0, 0.05) is 6.61 Å². The summed E-state index contributed by atoms with van der Waals surface area (Å²) in [6.45, 7) is 9.78. The highest BCUT2D eigenvalue weighted by atomic mass is 16.6. The van der Waals surface area contributed by atoms with E-state index in [2.05, 4.69) is 11.3 Å². The van der Waals surface area contributed by atoms with Crippen molar-refractivity contribution in [3.63, 3.8) is 0 Å². The van der Waals surface area contributed by atoms with Gasteiger partial charge in [-0.1, -0.05) is 19.9 Å². The molecule has 0 saturated heterocycles. The van der Waals surface area contributed by atoms with E-state index in [9.17, 15) is 9.59 Å². The van der Waals surface area contributed by atoms with Gasteiger partial charge in [0.1, 0.15) is 0 Å². The molecule has 18 heavy (non-hydrogen) atoms. The average Bonchev–Trinajstić information content (AvgIpc) is 2.34. The van der Waals surface area contributed by atoms with Gasteiger partial charge in [-0.3, -0.25) is 0 Å². The summed E-state index contributed by atoms with van der Waals surface area (Å²) in [4.78, 5) is 22.9. The molecule has 0 aromatic heterocycles. The van der Waals surface area contributed by atoms with Crippen LogP contribution >= 0.6 is 0 Å². The second kappa shape index (κ2) is 7.87. The Balaban J connectivity index is 4.39. The number of carbonyl (C=O) groups excluding carboxylic acids is 2. The first-order valence-electron chi connectivity index (χ1n) is 5.87. The minimum absolute atomic E-state index is 0.116. The topological polar surface area (TPSA) is 61.8 Å². The van der Waals surface area contributed by atoms with Gasteiger partial charge in [0.25, 0.3) is 6.10 Å². The maximum absolute atomic E-state index is 11.5.